The Balaban J connectivity index is 1.67. The van der Waals surface area contributed by atoms with Crippen molar-refractivity contribution < 1.29 is 9.53 Å². The third kappa shape index (κ3) is 4.60. The maximum Gasteiger partial charge on any atom is 0.253 e. The lowest BCUT2D eigenvalue weighted by atomic mass is 10.1. The van der Waals surface area contributed by atoms with Crippen LogP contribution in [0.15, 0.2) is 54.6 Å². The summed E-state index contributed by atoms with van der Waals surface area (Å²) >= 11 is 0. The molecule has 1 aliphatic heterocycles. The molecule has 1 heterocycles. The fourth-order valence-corrected chi connectivity index (χ4v) is 3.10. The molecule has 1 aliphatic rings. The van der Waals surface area contributed by atoms with Crippen LogP contribution >= 0.6 is 0 Å². The van der Waals surface area contributed by atoms with Gasteiger partial charge in [-0.3, -0.25) is 4.79 Å². The minimum absolute atomic E-state index is 0.0461. The fourth-order valence-electron chi connectivity index (χ4n) is 3.10. The van der Waals surface area contributed by atoms with Gasteiger partial charge >= 0.3 is 0 Å². The number of nitrogens with one attached hydrogen (secondary N) is 1. The maximum absolute atomic E-state index is 12.1. The average Bonchev–Trinajstić information content (AvgIpc) is 3.16. The van der Waals surface area contributed by atoms with Gasteiger partial charge in [0.05, 0.1) is 0 Å². The fraction of sp³-hybridized carbons (Fsp3) is 0.381. The van der Waals surface area contributed by atoms with Crippen molar-refractivity contribution in [1.29, 1.82) is 0 Å². The second-order valence-electron chi connectivity index (χ2n) is 6.75. The van der Waals surface area contributed by atoms with Gasteiger partial charge in [0.15, 0.2) is 0 Å². The van der Waals surface area contributed by atoms with Gasteiger partial charge < -0.3 is 15.0 Å². The van der Waals surface area contributed by atoms with Crippen molar-refractivity contribution in [3.8, 4) is 0 Å². The molecule has 0 radical (unpaired) electrons. The molecular formula is C21H26N2O2. The first kappa shape index (κ1) is 17.5. The molecule has 1 saturated heterocycles. The van der Waals surface area contributed by atoms with E-state index in [4.69, 9.17) is 4.74 Å². The van der Waals surface area contributed by atoms with E-state index in [2.05, 4.69) is 60.5 Å². The number of anilines is 2. The standard InChI is InChI=1S/C21H26N2O2/c1-16(2)23(15-17-7-4-3-5-8-17)19-12-10-18(11-13-19)22-21(24)20-9-6-14-25-20/h3-5,7-8,10-13,16,20H,6,9,14-15H2,1-2H3,(H,22,24). The van der Waals surface area contributed by atoms with Crippen LogP contribution in [0.2, 0.25) is 0 Å². The highest BCUT2D eigenvalue weighted by atomic mass is 16.5. The van der Waals surface area contributed by atoms with Gasteiger partial charge in [-0.2, -0.15) is 0 Å². The summed E-state index contributed by atoms with van der Waals surface area (Å²) in [6.07, 6.45) is 1.46. The van der Waals surface area contributed by atoms with Gasteiger partial charge in [-0.25, -0.2) is 0 Å². The zero-order valence-electron chi connectivity index (χ0n) is 14.9. The second-order valence-corrected chi connectivity index (χ2v) is 6.75. The Morgan fingerprint density at radius 2 is 1.88 bits per heavy atom. The summed E-state index contributed by atoms with van der Waals surface area (Å²) < 4.78 is 5.43. The van der Waals surface area contributed by atoms with Crippen molar-refractivity contribution in [2.45, 2.75) is 45.4 Å². The Labute approximate surface area is 149 Å². The van der Waals surface area contributed by atoms with Crippen molar-refractivity contribution in [3.63, 3.8) is 0 Å². The number of benzene rings is 2. The molecular weight excluding hydrogens is 312 g/mol. The molecule has 2 aromatic carbocycles. The second kappa shape index (κ2) is 8.17. The number of nitrogens with zero attached hydrogens (tertiary/aromatic N) is 1. The van der Waals surface area contributed by atoms with Crippen molar-refractivity contribution in [1.82, 2.24) is 0 Å². The van der Waals surface area contributed by atoms with Crippen LogP contribution in [0.4, 0.5) is 11.4 Å². The highest BCUT2D eigenvalue weighted by molar-refractivity contribution is 5.94. The highest BCUT2D eigenvalue weighted by Gasteiger charge is 2.23. The van der Waals surface area contributed by atoms with Crippen LogP contribution in [0.3, 0.4) is 0 Å². The van der Waals surface area contributed by atoms with E-state index in [1.165, 1.54) is 5.56 Å². The summed E-state index contributed by atoms with van der Waals surface area (Å²) in [7, 11) is 0. The van der Waals surface area contributed by atoms with Gasteiger partial charge in [0, 0.05) is 30.6 Å². The Bertz CT molecular complexity index is 677. The third-order valence-corrected chi connectivity index (χ3v) is 4.51. The lowest BCUT2D eigenvalue weighted by molar-refractivity contribution is -0.124. The maximum atomic E-state index is 12.1. The van der Waals surface area contributed by atoms with Gasteiger partial charge in [0.1, 0.15) is 6.10 Å². The van der Waals surface area contributed by atoms with Gasteiger partial charge in [-0.1, -0.05) is 30.3 Å². The van der Waals surface area contributed by atoms with E-state index < -0.39 is 0 Å². The first-order valence-corrected chi connectivity index (χ1v) is 8.96. The van der Waals surface area contributed by atoms with Crippen molar-refractivity contribution >= 4 is 17.3 Å². The van der Waals surface area contributed by atoms with Crippen LogP contribution < -0.4 is 10.2 Å². The molecule has 0 aromatic heterocycles. The normalized spacial score (nSPS) is 16.8. The highest BCUT2D eigenvalue weighted by Crippen LogP contribution is 2.23. The van der Waals surface area contributed by atoms with Gasteiger partial charge in [0.2, 0.25) is 0 Å². The topological polar surface area (TPSA) is 41.6 Å². The molecule has 1 fully saturated rings. The Kier molecular flexibility index (Phi) is 5.71. The third-order valence-electron chi connectivity index (χ3n) is 4.51. The van der Waals surface area contributed by atoms with Crippen LogP contribution in [-0.2, 0) is 16.1 Å². The molecule has 2 aromatic rings. The molecule has 0 saturated carbocycles. The van der Waals surface area contributed by atoms with E-state index in [0.717, 1.165) is 30.8 Å². The Morgan fingerprint density at radius 1 is 1.16 bits per heavy atom. The lowest BCUT2D eigenvalue weighted by Crippen LogP contribution is -2.30. The molecule has 0 aliphatic carbocycles. The molecule has 1 atom stereocenters. The largest absolute Gasteiger partial charge is 0.368 e. The SMILES string of the molecule is CC(C)N(Cc1ccccc1)c1ccc(NC(=O)C2CCCO2)cc1. The summed E-state index contributed by atoms with van der Waals surface area (Å²) in [5, 5.41) is 2.95. The summed E-state index contributed by atoms with van der Waals surface area (Å²) in [6.45, 7) is 5.92. The molecule has 0 spiro atoms. The van der Waals surface area contributed by atoms with Crippen molar-refractivity contribution in [2.24, 2.45) is 0 Å². The Morgan fingerprint density at radius 3 is 2.48 bits per heavy atom. The number of rotatable bonds is 6. The monoisotopic (exact) mass is 338 g/mol. The molecule has 1 N–H and O–H groups in total. The van der Waals surface area contributed by atoms with Crippen LogP contribution in [0.25, 0.3) is 0 Å². The number of hydrogen-bond donors (Lipinski definition) is 1. The van der Waals surface area contributed by atoms with E-state index in [0.29, 0.717) is 12.6 Å². The summed E-state index contributed by atoms with van der Waals surface area (Å²) in [4.78, 5) is 14.5. The minimum Gasteiger partial charge on any atom is -0.368 e. The van der Waals surface area contributed by atoms with E-state index in [9.17, 15) is 4.79 Å². The quantitative estimate of drug-likeness (QED) is 0.857. The first-order valence-electron chi connectivity index (χ1n) is 8.96. The molecule has 1 unspecified atom stereocenters. The summed E-state index contributed by atoms with van der Waals surface area (Å²) in [5.74, 6) is -0.0461. The average molecular weight is 338 g/mol. The number of amides is 1. The molecule has 132 valence electrons. The van der Waals surface area contributed by atoms with Crippen LogP contribution in [0, 0.1) is 0 Å². The van der Waals surface area contributed by atoms with Crippen LogP contribution in [0.1, 0.15) is 32.3 Å². The predicted octanol–water partition coefficient (Wildman–Crippen LogP) is 4.22. The van der Waals surface area contributed by atoms with Crippen LogP contribution in [-0.4, -0.2) is 24.7 Å². The molecule has 1 amide bonds. The van der Waals surface area contributed by atoms with Crippen molar-refractivity contribution in [2.75, 3.05) is 16.8 Å². The molecule has 4 heteroatoms. The number of ether oxygens (including phenoxy) is 1. The number of carbonyl (C=O) groups excluding carboxylic acids is 1. The number of carbonyl (C=O) groups is 1. The zero-order chi connectivity index (χ0) is 17.6. The van der Waals surface area contributed by atoms with E-state index in [-0.39, 0.29) is 12.0 Å². The first-order chi connectivity index (χ1) is 12.1. The predicted molar refractivity (Wildman–Crippen MR) is 102 cm³/mol. The van der Waals surface area contributed by atoms with Crippen molar-refractivity contribution in [3.05, 3.63) is 60.2 Å². The molecule has 3 rings (SSSR count). The van der Waals surface area contributed by atoms with Crippen LogP contribution in [0.5, 0.6) is 0 Å². The van der Waals surface area contributed by atoms with E-state index in [1.54, 1.807) is 0 Å². The van der Waals surface area contributed by atoms with Gasteiger partial charge in [-0.15, -0.1) is 0 Å². The smallest absolute Gasteiger partial charge is 0.253 e. The number of hydrogen-bond acceptors (Lipinski definition) is 3. The van der Waals surface area contributed by atoms with E-state index in [1.807, 2.05) is 18.2 Å². The molecule has 0 bridgehead atoms. The summed E-state index contributed by atoms with van der Waals surface area (Å²) in [5.41, 5.74) is 3.24. The Hall–Kier alpha value is -2.33. The minimum atomic E-state index is -0.301. The van der Waals surface area contributed by atoms with E-state index >= 15 is 0 Å². The van der Waals surface area contributed by atoms with Gasteiger partial charge in [-0.05, 0) is 56.5 Å². The summed E-state index contributed by atoms with van der Waals surface area (Å²) in [6, 6.07) is 18.9. The zero-order valence-corrected chi connectivity index (χ0v) is 14.9. The molecule has 4 nitrogen and oxygen atoms in total. The molecule has 25 heavy (non-hydrogen) atoms. The lowest BCUT2D eigenvalue weighted by Gasteiger charge is -2.29. The van der Waals surface area contributed by atoms with Gasteiger partial charge in [0.25, 0.3) is 5.91 Å².